The number of halogens is 4. The van der Waals surface area contributed by atoms with Crippen LogP contribution in [0.1, 0.15) is 31.1 Å². The molecule has 0 spiro atoms. The van der Waals surface area contributed by atoms with Crippen molar-refractivity contribution in [3.63, 3.8) is 0 Å². The molecule has 0 aromatic heterocycles. The first-order valence-electron chi connectivity index (χ1n) is 5.84. The molecule has 6 heteroatoms. The molecule has 0 saturated carbocycles. The van der Waals surface area contributed by atoms with Gasteiger partial charge in [-0.05, 0) is 29.4 Å². The molecule has 19 heavy (non-hydrogen) atoms. The minimum atomic E-state index is -4.71. The predicted octanol–water partition coefficient (Wildman–Crippen LogP) is 4.27. The average Bonchev–Trinajstić information content (AvgIpc) is 2.26. The Hall–Kier alpha value is -0.750. The predicted molar refractivity (Wildman–Crippen MR) is 68.5 cm³/mol. The van der Waals surface area contributed by atoms with Gasteiger partial charge in [-0.2, -0.15) is 24.9 Å². The van der Waals surface area contributed by atoms with Crippen LogP contribution in [0, 0.1) is 11.7 Å². The Morgan fingerprint density at radius 2 is 1.84 bits per heavy atom. The van der Waals surface area contributed by atoms with Crippen molar-refractivity contribution in [3.8, 4) is 0 Å². The standard InChI is InChI=1S/C13H16F4OS/c1-8(2)6-19-7-12(18)9-3-4-10(11(14)5-9)13(15,16)17/h3-5,8,12,18H,6-7H2,1-2H3. The summed E-state index contributed by atoms with van der Waals surface area (Å²) >= 11 is 1.49. The molecule has 1 atom stereocenters. The minimum Gasteiger partial charge on any atom is -0.388 e. The Bertz CT molecular complexity index is 418. The van der Waals surface area contributed by atoms with Crippen LogP contribution < -0.4 is 0 Å². The fourth-order valence-electron chi connectivity index (χ4n) is 1.48. The van der Waals surface area contributed by atoms with Crippen molar-refractivity contribution < 1.29 is 22.7 Å². The summed E-state index contributed by atoms with van der Waals surface area (Å²) in [5, 5.41) is 9.78. The number of hydrogen-bond acceptors (Lipinski definition) is 2. The summed E-state index contributed by atoms with van der Waals surface area (Å²) < 4.78 is 50.4. The van der Waals surface area contributed by atoms with Crippen molar-refractivity contribution in [2.45, 2.75) is 26.1 Å². The molecule has 1 nitrogen and oxygen atoms in total. The van der Waals surface area contributed by atoms with Crippen LogP contribution in [0.2, 0.25) is 0 Å². The Morgan fingerprint density at radius 1 is 1.21 bits per heavy atom. The van der Waals surface area contributed by atoms with Gasteiger partial charge >= 0.3 is 6.18 Å². The van der Waals surface area contributed by atoms with E-state index in [2.05, 4.69) is 0 Å². The first kappa shape index (κ1) is 16.3. The van der Waals surface area contributed by atoms with Crippen LogP contribution in [0.5, 0.6) is 0 Å². The van der Waals surface area contributed by atoms with Gasteiger partial charge in [-0.1, -0.05) is 19.9 Å². The second-order valence-electron chi connectivity index (χ2n) is 4.68. The number of aliphatic hydroxyl groups is 1. The van der Waals surface area contributed by atoms with Gasteiger partial charge in [0.2, 0.25) is 0 Å². The molecule has 0 aliphatic carbocycles. The summed E-state index contributed by atoms with van der Waals surface area (Å²) in [6, 6.07) is 2.54. The van der Waals surface area contributed by atoms with Gasteiger partial charge in [0.15, 0.2) is 0 Å². The molecule has 0 fully saturated rings. The van der Waals surface area contributed by atoms with Crippen molar-refractivity contribution in [2.75, 3.05) is 11.5 Å². The third-order valence-electron chi connectivity index (χ3n) is 2.41. The molecule has 0 aliphatic rings. The SMILES string of the molecule is CC(C)CSCC(O)c1ccc(C(F)(F)F)c(F)c1. The number of rotatable bonds is 5. The molecule has 0 aliphatic heterocycles. The monoisotopic (exact) mass is 296 g/mol. The smallest absolute Gasteiger partial charge is 0.388 e. The van der Waals surface area contributed by atoms with Crippen LogP contribution in [-0.4, -0.2) is 16.6 Å². The molecular weight excluding hydrogens is 280 g/mol. The van der Waals surface area contributed by atoms with E-state index in [1.54, 1.807) is 0 Å². The lowest BCUT2D eigenvalue weighted by Crippen LogP contribution is -2.10. The van der Waals surface area contributed by atoms with E-state index in [1.807, 2.05) is 13.8 Å². The first-order valence-corrected chi connectivity index (χ1v) is 6.99. The second kappa shape index (κ2) is 6.61. The molecule has 108 valence electrons. The van der Waals surface area contributed by atoms with E-state index in [0.717, 1.165) is 17.9 Å². The highest BCUT2D eigenvalue weighted by Gasteiger charge is 2.34. The molecule has 0 radical (unpaired) electrons. The normalized spacial score (nSPS) is 13.9. The zero-order valence-electron chi connectivity index (χ0n) is 10.7. The van der Waals surface area contributed by atoms with E-state index in [0.29, 0.717) is 17.7 Å². The molecule has 1 aromatic rings. The van der Waals surface area contributed by atoms with Crippen LogP contribution in [0.3, 0.4) is 0 Å². The quantitative estimate of drug-likeness (QED) is 0.819. The lowest BCUT2D eigenvalue weighted by molar-refractivity contribution is -0.140. The highest BCUT2D eigenvalue weighted by molar-refractivity contribution is 7.99. The van der Waals surface area contributed by atoms with Crippen LogP contribution >= 0.6 is 11.8 Å². The van der Waals surface area contributed by atoms with Gasteiger partial charge in [-0.25, -0.2) is 4.39 Å². The summed E-state index contributed by atoms with van der Waals surface area (Å²) in [4.78, 5) is 0. The van der Waals surface area contributed by atoms with Crippen molar-refractivity contribution in [2.24, 2.45) is 5.92 Å². The van der Waals surface area contributed by atoms with Crippen LogP contribution in [0.25, 0.3) is 0 Å². The summed E-state index contributed by atoms with van der Waals surface area (Å²) in [6.07, 6.45) is -5.67. The number of hydrogen-bond donors (Lipinski definition) is 1. The molecule has 0 saturated heterocycles. The lowest BCUT2D eigenvalue weighted by Gasteiger charge is -2.14. The third kappa shape index (κ3) is 5.03. The molecular formula is C13H16F4OS. The maximum atomic E-state index is 13.3. The molecule has 1 aromatic carbocycles. The Morgan fingerprint density at radius 3 is 2.32 bits per heavy atom. The number of aliphatic hydroxyl groups excluding tert-OH is 1. The van der Waals surface area contributed by atoms with Crippen LogP contribution in [0.4, 0.5) is 17.6 Å². The van der Waals surface area contributed by atoms with E-state index in [-0.39, 0.29) is 5.56 Å². The van der Waals surface area contributed by atoms with E-state index in [4.69, 9.17) is 0 Å². The van der Waals surface area contributed by atoms with Gasteiger partial charge in [-0.15, -0.1) is 0 Å². The fourth-order valence-corrected chi connectivity index (χ4v) is 2.50. The van der Waals surface area contributed by atoms with Crippen LogP contribution in [-0.2, 0) is 6.18 Å². The van der Waals surface area contributed by atoms with Crippen molar-refractivity contribution in [3.05, 3.63) is 35.1 Å². The Labute approximate surface area is 114 Å². The summed E-state index contributed by atoms with van der Waals surface area (Å²) in [6.45, 7) is 4.05. The van der Waals surface area contributed by atoms with E-state index >= 15 is 0 Å². The average molecular weight is 296 g/mol. The summed E-state index contributed by atoms with van der Waals surface area (Å²) in [5.74, 6) is 0.280. The van der Waals surface area contributed by atoms with E-state index in [1.165, 1.54) is 11.8 Å². The Balaban J connectivity index is 2.72. The second-order valence-corrected chi connectivity index (χ2v) is 5.76. The fraction of sp³-hybridized carbons (Fsp3) is 0.538. The number of thioether (sulfide) groups is 1. The van der Waals surface area contributed by atoms with E-state index in [9.17, 15) is 22.7 Å². The molecule has 1 N–H and O–H groups in total. The van der Waals surface area contributed by atoms with Crippen molar-refractivity contribution in [1.82, 2.24) is 0 Å². The van der Waals surface area contributed by atoms with Gasteiger partial charge in [0.25, 0.3) is 0 Å². The van der Waals surface area contributed by atoms with Gasteiger partial charge < -0.3 is 5.11 Å². The molecule has 1 rings (SSSR count). The largest absolute Gasteiger partial charge is 0.419 e. The zero-order valence-corrected chi connectivity index (χ0v) is 11.5. The molecule has 0 bridgehead atoms. The summed E-state index contributed by atoms with van der Waals surface area (Å²) in [7, 11) is 0. The van der Waals surface area contributed by atoms with Crippen molar-refractivity contribution >= 4 is 11.8 Å². The highest BCUT2D eigenvalue weighted by atomic mass is 32.2. The minimum absolute atomic E-state index is 0.168. The third-order valence-corrected chi connectivity index (χ3v) is 3.86. The van der Waals surface area contributed by atoms with E-state index < -0.39 is 23.7 Å². The maximum Gasteiger partial charge on any atom is 0.419 e. The Kier molecular flexibility index (Phi) is 5.67. The van der Waals surface area contributed by atoms with Gasteiger partial charge in [-0.3, -0.25) is 0 Å². The first-order chi connectivity index (χ1) is 8.71. The van der Waals surface area contributed by atoms with Crippen molar-refractivity contribution in [1.29, 1.82) is 0 Å². The zero-order chi connectivity index (χ0) is 14.6. The number of alkyl halides is 3. The molecule has 1 unspecified atom stereocenters. The number of benzene rings is 1. The lowest BCUT2D eigenvalue weighted by atomic mass is 10.1. The van der Waals surface area contributed by atoms with Gasteiger partial charge in [0, 0.05) is 5.75 Å². The topological polar surface area (TPSA) is 20.2 Å². The van der Waals surface area contributed by atoms with Gasteiger partial charge in [0.05, 0.1) is 11.7 Å². The maximum absolute atomic E-state index is 13.3. The van der Waals surface area contributed by atoms with Crippen LogP contribution in [0.15, 0.2) is 18.2 Å². The van der Waals surface area contributed by atoms with Gasteiger partial charge in [0.1, 0.15) is 5.82 Å². The summed E-state index contributed by atoms with van der Waals surface area (Å²) in [5.41, 5.74) is -1.14. The molecule has 0 heterocycles. The highest BCUT2D eigenvalue weighted by Crippen LogP contribution is 2.32. The molecule has 0 amide bonds.